The summed E-state index contributed by atoms with van der Waals surface area (Å²) in [6.45, 7) is 1.35. The van der Waals surface area contributed by atoms with E-state index in [9.17, 15) is 9.59 Å². The van der Waals surface area contributed by atoms with Crippen LogP contribution in [0.4, 0.5) is 0 Å². The molecule has 26 heavy (non-hydrogen) atoms. The predicted octanol–water partition coefficient (Wildman–Crippen LogP) is 1.06. The van der Waals surface area contributed by atoms with Crippen molar-refractivity contribution in [1.82, 2.24) is 29.4 Å². The van der Waals surface area contributed by atoms with Gasteiger partial charge in [-0.1, -0.05) is 5.21 Å². The zero-order valence-corrected chi connectivity index (χ0v) is 14.6. The van der Waals surface area contributed by atoms with Gasteiger partial charge in [0.25, 0.3) is 5.56 Å². The summed E-state index contributed by atoms with van der Waals surface area (Å²) in [6.07, 6.45) is 9.03. The Hall–Kier alpha value is -2.51. The number of carbonyl (C=O) groups excluding carboxylic acids is 1. The molecule has 3 fully saturated rings. The lowest BCUT2D eigenvalue weighted by Crippen LogP contribution is -2.35. The molecular formula is C18H22N6O2. The Morgan fingerprint density at radius 2 is 1.88 bits per heavy atom. The SMILES string of the molecule is O=C(Cn1cnc(C2CC2)cc1=O)N1CCC(n2cc(C3CC3)nn2)C1. The van der Waals surface area contributed by atoms with E-state index < -0.39 is 0 Å². The van der Waals surface area contributed by atoms with Gasteiger partial charge in [0.2, 0.25) is 5.91 Å². The summed E-state index contributed by atoms with van der Waals surface area (Å²) in [7, 11) is 0. The summed E-state index contributed by atoms with van der Waals surface area (Å²) >= 11 is 0. The van der Waals surface area contributed by atoms with E-state index in [1.165, 1.54) is 23.7 Å². The monoisotopic (exact) mass is 354 g/mol. The van der Waals surface area contributed by atoms with Crippen LogP contribution in [0.5, 0.6) is 0 Å². The molecule has 3 aliphatic rings. The maximum atomic E-state index is 12.6. The van der Waals surface area contributed by atoms with Crippen LogP contribution in [0.3, 0.4) is 0 Å². The van der Waals surface area contributed by atoms with Crippen LogP contribution in [-0.2, 0) is 11.3 Å². The summed E-state index contributed by atoms with van der Waals surface area (Å²) in [4.78, 5) is 31.0. The number of rotatable bonds is 5. The molecule has 1 saturated heterocycles. The van der Waals surface area contributed by atoms with Crippen molar-refractivity contribution in [3.63, 3.8) is 0 Å². The van der Waals surface area contributed by atoms with Crippen LogP contribution in [0, 0.1) is 0 Å². The largest absolute Gasteiger partial charge is 0.339 e. The molecule has 2 aromatic rings. The number of nitrogens with zero attached hydrogens (tertiary/aromatic N) is 6. The quantitative estimate of drug-likeness (QED) is 0.801. The van der Waals surface area contributed by atoms with Crippen molar-refractivity contribution in [2.45, 2.75) is 56.5 Å². The van der Waals surface area contributed by atoms with E-state index in [2.05, 4.69) is 15.3 Å². The van der Waals surface area contributed by atoms with E-state index in [-0.39, 0.29) is 24.1 Å². The average molecular weight is 354 g/mol. The summed E-state index contributed by atoms with van der Waals surface area (Å²) in [5, 5.41) is 8.50. The van der Waals surface area contributed by atoms with Gasteiger partial charge in [0.15, 0.2) is 0 Å². The Bertz CT molecular complexity index is 895. The number of amides is 1. The second-order valence-corrected chi connectivity index (χ2v) is 7.73. The van der Waals surface area contributed by atoms with Crippen LogP contribution >= 0.6 is 0 Å². The van der Waals surface area contributed by atoms with Gasteiger partial charge in [0, 0.05) is 37.2 Å². The molecule has 0 bridgehead atoms. The van der Waals surface area contributed by atoms with Gasteiger partial charge in [-0.25, -0.2) is 9.67 Å². The molecular weight excluding hydrogens is 332 g/mol. The third kappa shape index (κ3) is 3.04. The molecule has 1 amide bonds. The highest BCUT2D eigenvalue weighted by Crippen LogP contribution is 2.39. The highest BCUT2D eigenvalue weighted by molar-refractivity contribution is 5.76. The van der Waals surface area contributed by atoms with Crippen LogP contribution in [0.1, 0.15) is 61.4 Å². The molecule has 2 saturated carbocycles. The van der Waals surface area contributed by atoms with Crippen molar-refractivity contribution in [3.05, 3.63) is 40.3 Å². The lowest BCUT2D eigenvalue weighted by molar-refractivity contribution is -0.130. The smallest absolute Gasteiger partial charge is 0.254 e. The first kappa shape index (κ1) is 15.7. The Labute approximate surface area is 150 Å². The zero-order chi connectivity index (χ0) is 17.7. The molecule has 8 nitrogen and oxygen atoms in total. The fourth-order valence-electron chi connectivity index (χ4n) is 3.63. The topological polar surface area (TPSA) is 85.9 Å². The molecule has 1 aliphatic heterocycles. The highest BCUT2D eigenvalue weighted by Gasteiger charge is 2.31. The van der Waals surface area contributed by atoms with Gasteiger partial charge in [-0.05, 0) is 32.1 Å². The molecule has 8 heteroatoms. The molecule has 0 N–H and O–H groups in total. The lowest BCUT2D eigenvalue weighted by Gasteiger charge is -2.17. The minimum absolute atomic E-state index is 0.0434. The summed E-state index contributed by atoms with van der Waals surface area (Å²) in [5.41, 5.74) is 1.79. The van der Waals surface area contributed by atoms with Crippen molar-refractivity contribution in [1.29, 1.82) is 0 Å². The Kier molecular flexibility index (Phi) is 3.65. The molecule has 136 valence electrons. The normalized spacial score (nSPS) is 22.8. The second kappa shape index (κ2) is 6.03. The first-order valence-corrected chi connectivity index (χ1v) is 9.43. The van der Waals surface area contributed by atoms with Crippen LogP contribution < -0.4 is 5.56 Å². The van der Waals surface area contributed by atoms with Crippen molar-refractivity contribution < 1.29 is 4.79 Å². The molecule has 3 heterocycles. The Morgan fingerprint density at radius 1 is 1.12 bits per heavy atom. The number of aromatic nitrogens is 5. The maximum Gasteiger partial charge on any atom is 0.254 e. The van der Waals surface area contributed by atoms with Gasteiger partial charge in [-0.3, -0.25) is 14.2 Å². The number of carbonyl (C=O) groups is 1. The van der Waals surface area contributed by atoms with Gasteiger partial charge in [0.1, 0.15) is 6.54 Å². The van der Waals surface area contributed by atoms with E-state index >= 15 is 0 Å². The third-order valence-electron chi connectivity index (χ3n) is 5.62. The van der Waals surface area contributed by atoms with Crippen LogP contribution in [0.15, 0.2) is 23.4 Å². The molecule has 0 aromatic carbocycles. The van der Waals surface area contributed by atoms with Crippen molar-refractivity contribution >= 4 is 5.91 Å². The molecule has 1 atom stereocenters. The number of hydrogen-bond donors (Lipinski definition) is 0. The molecule has 5 rings (SSSR count). The van der Waals surface area contributed by atoms with Crippen LogP contribution in [0.25, 0.3) is 0 Å². The van der Waals surface area contributed by atoms with Crippen molar-refractivity contribution in [2.24, 2.45) is 0 Å². The Morgan fingerprint density at radius 3 is 2.62 bits per heavy atom. The fraction of sp³-hybridized carbons (Fsp3) is 0.611. The van der Waals surface area contributed by atoms with E-state index in [0.717, 1.165) is 30.7 Å². The number of likely N-dealkylation sites (tertiary alicyclic amines) is 1. The van der Waals surface area contributed by atoms with Crippen molar-refractivity contribution in [3.8, 4) is 0 Å². The van der Waals surface area contributed by atoms with E-state index in [4.69, 9.17) is 0 Å². The lowest BCUT2D eigenvalue weighted by atomic mass is 10.2. The van der Waals surface area contributed by atoms with E-state index in [0.29, 0.717) is 24.9 Å². The second-order valence-electron chi connectivity index (χ2n) is 7.73. The van der Waals surface area contributed by atoms with E-state index in [1.54, 1.807) is 6.07 Å². The number of hydrogen-bond acceptors (Lipinski definition) is 5. The molecule has 1 unspecified atom stereocenters. The van der Waals surface area contributed by atoms with Crippen molar-refractivity contribution in [2.75, 3.05) is 13.1 Å². The molecule has 0 spiro atoms. The molecule has 0 radical (unpaired) electrons. The Balaban J connectivity index is 1.22. The zero-order valence-electron chi connectivity index (χ0n) is 14.6. The molecule has 2 aromatic heterocycles. The predicted molar refractivity (Wildman–Crippen MR) is 92.7 cm³/mol. The van der Waals surface area contributed by atoms with Crippen LogP contribution in [-0.4, -0.2) is 48.4 Å². The summed E-state index contributed by atoms with van der Waals surface area (Å²) < 4.78 is 3.31. The standard InChI is InChI=1S/C18H22N6O2/c25-17-7-15(12-1-2-12)19-11-23(17)10-18(26)22-6-5-14(8-22)24-9-16(20-21-24)13-3-4-13/h7,9,11-14H,1-6,8,10H2. The van der Waals surface area contributed by atoms with Gasteiger partial charge in [-0.2, -0.15) is 0 Å². The first-order valence-electron chi connectivity index (χ1n) is 9.43. The van der Waals surface area contributed by atoms with Gasteiger partial charge < -0.3 is 4.90 Å². The third-order valence-corrected chi connectivity index (χ3v) is 5.62. The first-order chi connectivity index (χ1) is 12.7. The minimum Gasteiger partial charge on any atom is -0.339 e. The maximum absolute atomic E-state index is 12.6. The minimum atomic E-state index is -0.142. The van der Waals surface area contributed by atoms with E-state index in [1.807, 2.05) is 15.8 Å². The fourth-order valence-corrected chi connectivity index (χ4v) is 3.63. The molecule has 2 aliphatic carbocycles. The average Bonchev–Trinajstić information content (AvgIpc) is 3.56. The summed E-state index contributed by atoms with van der Waals surface area (Å²) in [5.74, 6) is 0.981. The van der Waals surface area contributed by atoms with Gasteiger partial charge >= 0.3 is 0 Å². The summed E-state index contributed by atoms with van der Waals surface area (Å²) in [6, 6.07) is 1.75. The van der Waals surface area contributed by atoms with Crippen LogP contribution in [0.2, 0.25) is 0 Å². The highest BCUT2D eigenvalue weighted by atomic mass is 16.2. The van der Waals surface area contributed by atoms with Gasteiger partial charge in [0.05, 0.1) is 23.8 Å². The van der Waals surface area contributed by atoms with Gasteiger partial charge in [-0.15, -0.1) is 5.10 Å².